The highest BCUT2D eigenvalue weighted by molar-refractivity contribution is 5.89. The molecule has 108 valence electrons. The van der Waals surface area contributed by atoms with Gasteiger partial charge in [0.05, 0.1) is 11.6 Å². The number of carboxylic acids is 1. The maximum atomic E-state index is 13.8. The van der Waals surface area contributed by atoms with E-state index in [1.807, 2.05) is 0 Å². The van der Waals surface area contributed by atoms with Gasteiger partial charge in [0.15, 0.2) is 0 Å². The van der Waals surface area contributed by atoms with Gasteiger partial charge in [-0.25, -0.2) is 9.18 Å². The third-order valence-corrected chi connectivity index (χ3v) is 3.56. The summed E-state index contributed by atoms with van der Waals surface area (Å²) in [5.41, 5.74) is 0.614. The van der Waals surface area contributed by atoms with E-state index in [4.69, 9.17) is 5.11 Å². The van der Waals surface area contributed by atoms with Gasteiger partial charge in [0, 0.05) is 13.1 Å². The molecule has 1 heterocycles. The zero-order valence-corrected chi connectivity index (χ0v) is 11.2. The fourth-order valence-corrected chi connectivity index (χ4v) is 2.27. The zero-order valence-electron chi connectivity index (χ0n) is 11.2. The van der Waals surface area contributed by atoms with Crippen LogP contribution in [0.15, 0.2) is 18.2 Å². The van der Waals surface area contributed by atoms with Gasteiger partial charge in [-0.1, -0.05) is 12.1 Å². The van der Waals surface area contributed by atoms with Gasteiger partial charge in [-0.3, -0.25) is 4.79 Å². The number of amides is 2. The van der Waals surface area contributed by atoms with E-state index in [1.54, 1.807) is 19.1 Å². The minimum Gasteiger partial charge on any atom is -0.481 e. The van der Waals surface area contributed by atoms with Gasteiger partial charge in [-0.2, -0.15) is 0 Å². The van der Waals surface area contributed by atoms with Crippen molar-refractivity contribution < 1.29 is 19.1 Å². The molecule has 0 atom stereocenters. The van der Waals surface area contributed by atoms with E-state index in [9.17, 15) is 14.0 Å². The summed E-state index contributed by atoms with van der Waals surface area (Å²) in [5.74, 6) is -1.66. The Morgan fingerprint density at radius 3 is 2.60 bits per heavy atom. The second-order valence-corrected chi connectivity index (χ2v) is 4.97. The Labute approximate surface area is 116 Å². The number of urea groups is 1. The minimum atomic E-state index is -0.824. The van der Waals surface area contributed by atoms with Gasteiger partial charge >= 0.3 is 12.0 Å². The number of likely N-dealkylation sites (tertiary alicyclic amines) is 1. The molecule has 1 aromatic carbocycles. The first kappa shape index (κ1) is 14.3. The molecule has 0 aliphatic carbocycles. The second kappa shape index (κ2) is 5.90. The van der Waals surface area contributed by atoms with Crippen LogP contribution >= 0.6 is 0 Å². The molecule has 1 fully saturated rings. The lowest BCUT2D eigenvalue weighted by Gasteiger charge is -2.30. The van der Waals surface area contributed by atoms with Crippen LogP contribution in [-0.2, 0) is 4.79 Å². The lowest BCUT2D eigenvalue weighted by Crippen LogP contribution is -2.42. The third kappa shape index (κ3) is 3.07. The quantitative estimate of drug-likeness (QED) is 0.874. The largest absolute Gasteiger partial charge is 0.481 e. The summed E-state index contributed by atoms with van der Waals surface area (Å²) < 4.78 is 13.8. The topological polar surface area (TPSA) is 69.6 Å². The number of nitrogens with zero attached hydrogens (tertiary/aromatic N) is 1. The number of hydrogen-bond acceptors (Lipinski definition) is 2. The number of rotatable bonds is 2. The number of carbonyl (C=O) groups is 2. The Balaban J connectivity index is 1.96. The lowest BCUT2D eigenvalue weighted by atomic mass is 9.97. The Kier molecular flexibility index (Phi) is 4.22. The lowest BCUT2D eigenvalue weighted by molar-refractivity contribution is -0.143. The monoisotopic (exact) mass is 280 g/mol. The SMILES string of the molecule is Cc1cccc(NC(=O)N2CCC(C(=O)O)CC2)c1F. The van der Waals surface area contributed by atoms with Crippen LogP contribution in [0.1, 0.15) is 18.4 Å². The molecule has 0 bridgehead atoms. The van der Waals surface area contributed by atoms with Crippen molar-refractivity contribution in [1.29, 1.82) is 0 Å². The highest BCUT2D eigenvalue weighted by Crippen LogP contribution is 2.20. The highest BCUT2D eigenvalue weighted by Gasteiger charge is 2.27. The smallest absolute Gasteiger partial charge is 0.321 e. The first-order valence-corrected chi connectivity index (χ1v) is 6.53. The van der Waals surface area contributed by atoms with Crippen molar-refractivity contribution in [3.63, 3.8) is 0 Å². The van der Waals surface area contributed by atoms with E-state index >= 15 is 0 Å². The average Bonchev–Trinajstić information content (AvgIpc) is 2.44. The van der Waals surface area contributed by atoms with Crippen molar-refractivity contribution in [2.75, 3.05) is 18.4 Å². The molecule has 5 nitrogen and oxygen atoms in total. The first-order chi connectivity index (χ1) is 9.49. The molecule has 2 rings (SSSR count). The molecule has 0 spiro atoms. The number of aryl methyl sites for hydroxylation is 1. The van der Waals surface area contributed by atoms with Crippen LogP contribution in [0.3, 0.4) is 0 Å². The van der Waals surface area contributed by atoms with Crippen molar-refractivity contribution in [3.8, 4) is 0 Å². The summed E-state index contributed by atoms with van der Waals surface area (Å²) in [5, 5.41) is 11.4. The van der Waals surface area contributed by atoms with Gasteiger partial charge in [-0.05, 0) is 31.4 Å². The normalized spacial score (nSPS) is 16.0. The molecule has 1 aromatic rings. The molecular weight excluding hydrogens is 263 g/mol. The molecule has 1 aliphatic rings. The summed E-state index contributed by atoms with van der Waals surface area (Å²) in [7, 11) is 0. The standard InChI is InChI=1S/C14H17FN2O3/c1-9-3-2-4-11(12(9)15)16-14(20)17-7-5-10(6-8-17)13(18)19/h2-4,10H,5-8H2,1H3,(H,16,20)(H,18,19). The summed E-state index contributed by atoms with van der Waals surface area (Å²) in [6.45, 7) is 2.37. The van der Waals surface area contributed by atoms with E-state index < -0.39 is 23.7 Å². The maximum absolute atomic E-state index is 13.8. The van der Waals surface area contributed by atoms with Crippen molar-refractivity contribution in [2.45, 2.75) is 19.8 Å². The average molecular weight is 280 g/mol. The van der Waals surface area contributed by atoms with Crippen molar-refractivity contribution in [1.82, 2.24) is 4.90 Å². The number of halogens is 1. The number of carboxylic acid groups (broad SMARTS) is 1. The Bertz CT molecular complexity index is 525. The van der Waals surface area contributed by atoms with E-state index in [0.29, 0.717) is 31.5 Å². The van der Waals surface area contributed by atoms with Crippen LogP contribution < -0.4 is 5.32 Å². The fraction of sp³-hybridized carbons (Fsp3) is 0.429. The van der Waals surface area contributed by atoms with Gasteiger partial charge in [0.2, 0.25) is 0 Å². The van der Waals surface area contributed by atoms with Gasteiger partial charge in [-0.15, -0.1) is 0 Å². The Hall–Kier alpha value is -2.11. The van der Waals surface area contributed by atoms with Gasteiger partial charge in [0.1, 0.15) is 5.82 Å². The van der Waals surface area contributed by atoms with Gasteiger partial charge in [0.25, 0.3) is 0 Å². The molecule has 0 unspecified atom stereocenters. The summed E-state index contributed by atoms with van der Waals surface area (Å²) in [6, 6.07) is 4.41. The summed E-state index contributed by atoms with van der Waals surface area (Å²) in [4.78, 5) is 24.4. The molecule has 1 saturated heterocycles. The van der Waals surface area contributed by atoms with Crippen molar-refractivity contribution in [3.05, 3.63) is 29.6 Å². The molecule has 0 aromatic heterocycles. The maximum Gasteiger partial charge on any atom is 0.321 e. The van der Waals surface area contributed by atoms with Crippen LogP contribution in [0.25, 0.3) is 0 Å². The van der Waals surface area contributed by atoms with Gasteiger partial charge < -0.3 is 15.3 Å². The number of carbonyl (C=O) groups excluding carboxylic acids is 1. The first-order valence-electron chi connectivity index (χ1n) is 6.53. The fourth-order valence-electron chi connectivity index (χ4n) is 2.27. The Morgan fingerprint density at radius 2 is 2.00 bits per heavy atom. The molecule has 6 heteroatoms. The molecule has 2 N–H and O–H groups in total. The number of aliphatic carboxylic acids is 1. The summed E-state index contributed by atoms with van der Waals surface area (Å²) >= 11 is 0. The molecule has 1 aliphatic heterocycles. The van der Waals surface area contributed by atoms with Crippen molar-refractivity contribution >= 4 is 17.7 Å². The van der Waals surface area contributed by atoms with Crippen LogP contribution in [0.4, 0.5) is 14.9 Å². The zero-order chi connectivity index (χ0) is 14.7. The molecular formula is C14H17FN2O3. The minimum absolute atomic E-state index is 0.148. The van der Waals surface area contributed by atoms with Crippen LogP contribution in [0.5, 0.6) is 0 Å². The van der Waals surface area contributed by atoms with Crippen LogP contribution in [0, 0.1) is 18.7 Å². The van der Waals surface area contributed by atoms with E-state index in [-0.39, 0.29) is 5.69 Å². The van der Waals surface area contributed by atoms with Crippen LogP contribution in [0.2, 0.25) is 0 Å². The molecule has 20 heavy (non-hydrogen) atoms. The number of benzene rings is 1. The second-order valence-electron chi connectivity index (χ2n) is 4.97. The number of nitrogens with one attached hydrogen (secondary N) is 1. The highest BCUT2D eigenvalue weighted by atomic mass is 19.1. The van der Waals surface area contributed by atoms with E-state index in [0.717, 1.165) is 0 Å². The molecule has 0 radical (unpaired) electrons. The predicted octanol–water partition coefficient (Wildman–Crippen LogP) is 2.46. The number of hydrogen-bond donors (Lipinski definition) is 2. The molecule has 0 saturated carbocycles. The van der Waals surface area contributed by atoms with E-state index in [2.05, 4.69) is 5.32 Å². The predicted molar refractivity (Wildman–Crippen MR) is 72.1 cm³/mol. The van der Waals surface area contributed by atoms with E-state index in [1.165, 1.54) is 11.0 Å². The summed E-state index contributed by atoms with van der Waals surface area (Å²) in [6.07, 6.45) is 0.859. The van der Waals surface area contributed by atoms with Crippen LogP contribution in [-0.4, -0.2) is 35.1 Å². The molecule has 2 amide bonds. The van der Waals surface area contributed by atoms with Crippen molar-refractivity contribution in [2.24, 2.45) is 5.92 Å². The number of piperidine rings is 1. The number of anilines is 1. The third-order valence-electron chi connectivity index (χ3n) is 3.56. The Morgan fingerprint density at radius 1 is 1.35 bits per heavy atom.